The number of anilines is 3. The van der Waals surface area contributed by atoms with Crippen molar-refractivity contribution in [3.8, 4) is 22.9 Å². The summed E-state index contributed by atoms with van der Waals surface area (Å²) in [6.07, 6.45) is 4.59. The van der Waals surface area contributed by atoms with Crippen molar-refractivity contribution in [2.24, 2.45) is 0 Å². The van der Waals surface area contributed by atoms with Crippen molar-refractivity contribution >= 4 is 23.1 Å². The second kappa shape index (κ2) is 10.1. The molecular weight excluding hydrogens is 478 g/mol. The minimum Gasteiger partial charge on any atom is -0.493 e. The SMILES string of the molecule is COc1cc(-n2cnc(Nc3nc(N4CCC[C@H]4CO)nn4c(C(C)O)ccc34)c2)cc(OC)c1OC. The highest BCUT2D eigenvalue weighted by atomic mass is 16.5. The van der Waals surface area contributed by atoms with Crippen LogP contribution >= 0.6 is 0 Å². The number of hydrogen-bond acceptors (Lipinski definition) is 10. The first-order valence-electron chi connectivity index (χ1n) is 12.0. The first-order valence-corrected chi connectivity index (χ1v) is 12.0. The molecule has 1 fully saturated rings. The topological polar surface area (TPSA) is 131 Å². The predicted molar refractivity (Wildman–Crippen MR) is 138 cm³/mol. The van der Waals surface area contributed by atoms with Gasteiger partial charge in [-0.1, -0.05) is 0 Å². The molecule has 1 unspecified atom stereocenters. The van der Waals surface area contributed by atoms with Crippen molar-refractivity contribution in [1.82, 2.24) is 24.1 Å². The molecular formula is C25H31N7O5. The maximum atomic E-state index is 10.3. The van der Waals surface area contributed by atoms with Gasteiger partial charge in [-0.15, -0.1) is 5.10 Å². The van der Waals surface area contributed by atoms with Gasteiger partial charge in [-0.3, -0.25) is 0 Å². The normalized spacial score (nSPS) is 16.3. The summed E-state index contributed by atoms with van der Waals surface area (Å²) < 4.78 is 19.9. The Morgan fingerprint density at radius 2 is 1.89 bits per heavy atom. The number of aliphatic hydroxyl groups is 2. The Morgan fingerprint density at radius 1 is 1.14 bits per heavy atom. The van der Waals surface area contributed by atoms with E-state index in [2.05, 4.69) is 10.3 Å². The van der Waals surface area contributed by atoms with E-state index in [4.69, 9.17) is 24.3 Å². The van der Waals surface area contributed by atoms with E-state index in [1.54, 1.807) is 39.1 Å². The average Bonchev–Trinajstić information content (AvgIpc) is 3.67. The average molecular weight is 510 g/mol. The largest absolute Gasteiger partial charge is 0.493 e. The van der Waals surface area contributed by atoms with Crippen LogP contribution in [-0.4, -0.2) is 74.9 Å². The van der Waals surface area contributed by atoms with Crippen LogP contribution in [0.15, 0.2) is 36.8 Å². The summed E-state index contributed by atoms with van der Waals surface area (Å²) in [5, 5.41) is 28.1. The van der Waals surface area contributed by atoms with Gasteiger partial charge in [0.2, 0.25) is 11.7 Å². The first-order chi connectivity index (χ1) is 18.0. The fourth-order valence-electron chi connectivity index (χ4n) is 4.69. The molecule has 4 aromatic rings. The Kier molecular flexibility index (Phi) is 6.76. The number of nitrogens with one attached hydrogen (secondary N) is 1. The van der Waals surface area contributed by atoms with Crippen molar-refractivity contribution in [1.29, 1.82) is 0 Å². The number of fused-ring (bicyclic) bond motifs is 1. The first kappa shape index (κ1) is 24.7. The number of aromatic nitrogens is 5. The molecule has 3 N–H and O–H groups in total. The zero-order valence-electron chi connectivity index (χ0n) is 21.2. The van der Waals surface area contributed by atoms with Crippen molar-refractivity contribution in [2.75, 3.05) is 44.7 Å². The molecule has 4 heterocycles. The molecule has 1 aliphatic heterocycles. The smallest absolute Gasteiger partial charge is 0.245 e. The highest BCUT2D eigenvalue weighted by Crippen LogP contribution is 2.39. The highest BCUT2D eigenvalue weighted by Gasteiger charge is 2.28. The van der Waals surface area contributed by atoms with Crippen LogP contribution in [-0.2, 0) is 0 Å². The van der Waals surface area contributed by atoms with Crippen LogP contribution in [0.2, 0.25) is 0 Å². The molecule has 0 aliphatic carbocycles. The molecule has 12 heteroatoms. The Labute approximate surface area is 214 Å². The molecule has 0 saturated carbocycles. The quantitative estimate of drug-likeness (QED) is 0.309. The van der Waals surface area contributed by atoms with Crippen LogP contribution in [0.4, 0.5) is 17.6 Å². The van der Waals surface area contributed by atoms with Crippen molar-refractivity contribution in [2.45, 2.75) is 31.9 Å². The summed E-state index contributed by atoms with van der Waals surface area (Å²) in [5.74, 6) is 3.15. The highest BCUT2D eigenvalue weighted by molar-refractivity contribution is 5.74. The molecule has 2 atom stereocenters. The Bertz CT molecular complexity index is 1370. The lowest BCUT2D eigenvalue weighted by molar-refractivity contribution is 0.192. The third-order valence-corrected chi connectivity index (χ3v) is 6.58. The summed E-state index contributed by atoms with van der Waals surface area (Å²) in [7, 11) is 4.70. The molecule has 0 spiro atoms. The number of methoxy groups -OCH3 is 3. The number of imidazole rings is 1. The van der Waals surface area contributed by atoms with Gasteiger partial charge in [-0.05, 0) is 31.9 Å². The summed E-state index contributed by atoms with van der Waals surface area (Å²) in [6.45, 7) is 2.47. The van der Waals surface area contributed by atoms with Gasteiger partial charge >= 0.3 is 0 Å². The number of nitrogens with zero attached hydrogens (tertiary/aromatic N) is 6. The van der Waals surface area contributed by atoms with Crippen molar-refractivity contribution < 1.29 is 24.4 Å². The summed E-state index contributed by atoms with van der Waals surface area (Å²) in [5.41, 5.74) is 2.11. The molecule has 3 aromatic heterocycles. The van der Waals surface area contributed by atoms with E-state index in [1.807, 2.05) is 39.9 Å². The molecule has 1 aliphatic rings. The van der Waals surface area contributed by atoms with E-state index < -0.39 is 6.10 Å². The van der Waals surface area contributed by atoms with E-state index >= 15 is 0 Å². The second-order valence-electron chi connectivity index (χ2n) is 8.84. The number of benzene rings is 1. The van der Waals surface area contributed by atoms with Crippen molar-refractivity contribution in [3.05, 3.63) is 42.5 Å². The zero-order valence-corrected chi connectivity index (χ0v) is 21.2. The molecule has 12 nitrogen and oxygen atoms in total. The third-order valence-electron chi connectivity index (χ3n) is 6.58. The minimum atomic E-state index is -0.718. The molecule has 0 amide bonds. The standard InChI is InChI=1S/C25H31N7O5/c1-15(34)18-7-8-19-24(28-25(29-32(18)19)31-9-5-6-16(31)13-33)27-22-12-30(14-26-22)17-10-20(35-2)23(37-4)21(11-17)36-3/h7-8,10-12,14-16,33-34H,5-6,9,13H2,1-4H3,(H,27,28,29)/t15?,16-/m0/s1. The molecule has 0 radical (unpaired) electrons. The molecule has 196 valence electrons. The van der Waals surface area contributed by atoms with E-state index in [1.165, 1.54) is 0 Å². The van der Waals surface area contributed by atoms with Crippen molar-refractivity contribution in [3.63, 3.8) is 0 Å². The number of aliphatic hydroxyl groups excluding tert-OH is 2. The van der Waals surface area contributed by atoms with Gasteiger partial charge in [0.25, 0.3) is 0 Å². The van der Waals surface area contributed by atoms with Crippen LogP contribution in [0.5, 0.6) is 17.2 Å². The zero-order chi connectivity index (χ0) is 26.1. The summed E-state index contributed by atoms with van der Waals surface area (Å²) >= 11 is 0. The van der Waals surface area contributed by atoms with E-state index in [0.717, 1.165) is 25.1 Å². The predicted octanol–water partition coefficient (Wildman–Crippen LogP) is 2.70. The van der Waals surface area contributed by atoms with E-state index in [0.29, 0.717) is 46.0 Å². The van der Waals surface area contributed by atoms with Crippen LogP contribution in [0.3, 0.4) is 0 Å². The number of hydrogen-bond donors (Lipinski definition) is 3. The summed E-state index contributed by atoms with van der Waals surface area (Å²) in [4.78, 5) is 11.3. The fourth-order valence-corrected chi connectivity index (χ4v) is 4.69. The lowest BCUT2D eigenvalue weighted by atomic mass is 10.2. The number of ether oxygens (including phenoxy) is 3. The van der Waals surface area contributed by atoms with Gasteiger partial charge in [0, 0.05) is 18.7 Å². The van der Waals surface area contributed by atoms with Gasteiger partial charge in [0.15, 0.2) is 17.3 Å². The van der Waals surface area contributed by atoms with Gasteiger partial charge < -0.3 is 39.2 Å². The lowest BCUT2D eigenvalue weighted by Crippen LogP contribution is -2.34. The molecule has 5 rings (SSSR count). The fraction of sp³-hybridized carbons (Fsp3) is 0.400. The van der Waals surface area contributed by atoms with Gasteiger partial charge in [-0.25, -0.2) is 9.50 Å². The van der Waals surface area contributed by atoms with Gasteiger partial charge in [0.1, 0.15) is 17.7 Å². The molecule has 37 heavy (non-hydrogen) atoms. The lowest BCUT2D eigenvalue weighted by Gasteiger charge is -2.23. The van der Waals surface area contributed by atoms with Gasteiger partial charge in [-0.2, -0.15) is 4.98 Å². The maximum absolute atomic E-state index is 10.3. The Hall–Kier alpha value is -4.03. The van der Waals surface area contributed by atoms with E-state index in [9.17, 15) is 10.2 Å². The van der Waals surface area contributed by atoms with Gasteiger partial charge in [0.05, 0.1) is 57.7 Å². The number of rotatable bonds is 9. The molecule has 1 aromatic carbocycles. The third kappa shape index (κ3) is 4.49. The monoisotopic (exact) mass is 509 g/mol. The van der Waals surface area contributed by atoms with Crippen LogP contribution in [0.25, 0.3) is 11.2 Å². The maximum Gasteiger partial charge on any atom is 0.245 e. The second-order valence-corrected chi connectivity index (χ2v) is 8.84. The van der Waals surface area contributed by atoms with Crippen LogP contribution in [0.1, 0.15) is 31.6 Å². The van der Waals surface area contributed by atoms with E-state index in [-0.39, 0.29) is 12.6 Å². The minimum absolute atomic E-state index is 0.0261. The van der Waals surface area contributed by atoms with Crippen LogP contribution < -0.4 is 24.4 Å². The van der Waals surface area contributed by atoms with Crippen LogP contribution in [0, 0.1) is 0 Å². The summed E-state index contributed by atoms with van der Waals surface area (Å²) in [6, 6.07) is 7.30. The Balaban J connectivity index is 1.53. The Morgan fingerprint density at radius 3 is 2.54 bits per heavy atom. The molecule has 0 bridgehead atoms. The molecule has 1 saturated heterocycles.